The van der Waals surface area contributed by atoms with Crippen LogP contribution in [0, 0.1) is 0 Å². The molecule has 0 amide bonds. The van der Waals surface area contributed by atoms with Gasteiger partial charge in [-0.1, -0.05) is 149 Å². The summed E-state index contributed by atoms with van der Waals surface area (Å²) in [4.78, 5) is 0. The van der Waals surface area contributed by atoms with Gasteiger partial charge in [0.25, 0.3) is 0 Å². The lowest BCUT2D eigenvalue weighted by atomic mass is 9.82. The molecule has 62 heavy (non-hydrogen) atoms. The maximum Gasteiger partial charge on any atom is 0.0541 e. The molecule has 0 saturated carbocycles. The molecule has 0 fully saturated rings. The molecular weight excluding hydrogens is 749 g/mol. The van der Waals surface area contributed by atoms with Crippen LogP contribution in [0.15, 0.2) is 176 Å². The summed E-state index contributed by atoms with van der Waals surface area (Å²) in [6.45, 7) is 9.52. The van der Waals surface area contributed by atoms with E-state index in [1.807, 2.05) is 0 Å². The first-order valence-electron chi connectivity index (χ1n) is 22.2. The summed E-state index contributed by atoms with van der Waals surface area (Å²) in [5.74, 6) is 0. The van der Waals surface area contributed by atoms with E-state index in [9.17, 15) is 0 Å². The Labute approximate surface area is 363 Å². The van der Waals surface area contributed by atoms with Crippen LogP contribution in [0.1, 0.15) is 67.6 Å². The van der Waals surface area contributed by atoms with Crippen molar-refractivity contribution in [2.75, 3.05) is 0 Å². The van der Waals surface area contributed by atoms with Crippen LogP contribution in [0.5, 0.6) is 0 Å². The molecule has 296 valence electrons. The fourth-order valence-corrected chi connectivity index (χ4v) is 11.7. The minimum Gasteiger partial charge on any atom is -0.313 e. The monoisotopic (exact) mass is 794 g/mol. The molecule has 8 aromatic carbocycles. The van der Waals surface area contributed by atoms with E-state index in [4.69, 9.17) is 0 Å². The molecule has 0 unspecified atom stereocenters. The van der Waals surface area contributed by atoms with Gasteiger partial charge in [-0.3, -0.25) is 0 Å². The zero-order valence-electron chi connectivity index (χ0n) is 35.6. The molecule has 0 aliphatic heterocycles. The highest BCUT2D eigenvalue weighted by Crippen LogP contribution is 2.52. The van der Waals surface area contributed by atoms with Crippen molar-refractivity contribution >= 4 is 38.8 Å². The van der Waals surface area contributed by atoms with Crippen LogP contribution in [0.2, 0.25) is 0 Å². The van der Waals surface area contributed by atoms with Crippen molar-refractivity contribution in [1.82, 2.24) is 9.13 Å². The molecule has 2 aromatic heterocycles. The summed E-state index contributed by atoms with van der Waals surface area (Å²) in [7, 11) is 0. The van der Waals surface area contributed by atoms with Crippen molar-refractivity contribution in [2.24, 2.45) is 0 Å². The second kappa shape index (κ2) is 12.7. The highest BCUT2D eigenvalue weighted by atomic mass is 15.0. The SMILES string of the molecule is CC1(C)c2ccc(-c3cccc(-c4ccc5c(c4)-c4cc(-n6c7ccccc7c7ccccc76)ccc4C5(C)C)c3)cc2-c2cc(-n3c4c(c5ccccc53)C=CCC4)ccc21. The van der Waals surface area contributed by atoms with Gasteiger partial charge in [-0.05, 0) is 140 Å². The quantitative estimate of drug-likeness (QED) is 0.168. The predicted molar refractivity (Wildman–Crippen MR) is 261 cm³/mol. The average Bonchev–Trinajstić information content (AvgIpc) is 3.97. The molecular formula is C60H46N2. The third-order valence-corrected chi connectivity index (χ3v) is 14.8. The van der Waals surface area contributed by atoms with Crippen LogP contribution in [0.3, 0.4) is 0 Å². The molecule has 3 aliphatic rings. The zero-order chi connectivity index (χ0) is 41.5. The Morgan fingerprint density at radius 2 is 0.823 bits per heavy atom. The van der Waals surface area contributed by atoms with E-state index in [2.05, 4.69) is 219 Å². The second-order valence-corrected chi connectivity index (χ2v) is 18.8. The molecule has 2 heterocycles. The lowest BCUT2D eigenvalue weighted by Crippen LogP contribution is -2.15. The van der Waals surface area contributed by atoms with E-state index >= 15 is 0 Å². The minimum atomic E-state index is -0.0937. The summed E-state index contributed by atoms with van der Waals surface area (Å²) in [6, 6.07) is 64.3. The second-order valence-electron chi connectivity index (χ2n) is 18.8. The Morgan fingerprint density at radius 3 is 1.37 bits per heavy atom. The van der Waals surface area contributed by atoms with Crippen molar-refractivity contribution < 1.29 is 0 Å². The molecule has 0 bridgehead atoms. The summed E-state index contributed by atoms with van der Waals surface area (Å²) in [5, 5.41) is 3.91. The molecule has 0 saturated heterocycles. The van der Waals surface area contributed by atoms with Gasteiger partial charge in [-0.15, -0.1) is 0 Å². The molecule has 0 atom stereocenters. The standard InChI is InChI=1S/C60H46N2/c1-59(2)51-28-24-39(33-47(51)49-35-41(26-30-53(49)59)61-55-20-9-5-16-43(55)44-17-6-10-21-56(44)61)37-14-13-15-38(32-37)40-25-29-52-48(34-40)50-36-42(27-31-54(50)60(52,3)4)62-57-22-11-7-18-45(57)46-19-8-12-23-58(46)62/h5-11,13-22,24-36H,12,23H2,1-4H3. The summed E-state index contributed by atoms with van der Waals surface area (Å²) < 4.78 is 4.96. The number of para-hydroxylation sites is 3. The van der Waals surface area contributed by atoms with Gasteiger partial charge >= 0.3 is 0 Å². The van der Waals surface area contributed by atoms with Crippen molar-refractivity contribution in [1.29, 1.82) is 0 Å². The van der Waals surface area contributed by atoms with Gasteiger partial charge in [-0.2, -0.15) is 0 Å². The number of hydrogen-bond donors (Lipinski definition) is 0. The van der Waals surface area contributed by atoms with Crippen LogP contribution >= 0.6 is 0 Å². The Hall–Kier alpha value is -7.16. The van der Waals surface area contributed by atoms with Gasteiger partial charge in [0.1, 0.15) is 0 Å². The van der Waals surface area contributed by atoms with Gasteiger partial charge in [0.05, 0.1) is 16.6 Å². The molecule has 2 heteroatoms. The summed E-state index contributed by atoms with van der Waals surface area (Å²) in [6.07, 6.45) is 6.78. The van der Waals surface area contributed by atoms with Gasteiger partial charge in [0.15, 0.2) is 0 Å². The molecule has 13 rings (SSSR count). The Kier molecular flexibility index (Phi) is 7.28. The van der Waals surface area contributed by atoms with Crippen LogP contribution < -0.4 is 0 Å². The van der Waals surface area contributed by atoms with Crippen LogP contribution in [0.25, 0.3) is 94.7 Å². The lowest BCUT2D eigenvalue weighted by molar-refractivity contribution is 0.660. The van der Waals surface area contributed by atoms with E-state index in [0.717, 1.165) is 12.8 Å². The molecule has 0 spiro atoms. The Bertz CT molecular complexity index is 3530. The molecule has 10 aromatic rings. The number of allylic oxidation sites excluding steroid dienone is 1. The first-order valence-corrected chi connectivity index (χ1v) is 22.2. The number of nitrogens with zero attached hydrogens (tertiary/aromatic N) is 2. The largest absolute Gasteiger partial charge is 0.313 e. The van der Waals surface area contributed by atoms with E-state index in [1.54, 1.807) is 0 Å². The Balaban J connectivity index is 0.898. The minimum absolute atomic E-state index is 0.0829. The third-order valence-electron chi connectivity index (χ3n) is 14.8. The number of hydrogen-bond acceptors (Lipinski definition) is 0. The van der Waals surface area contributed by atoms with E-state index in [0.29, 0.717) is 0 Å². The van der Waals surface area contributed by atoms with Gasteiger partial charge in [0, 0.05) is 49.6 Å². The Morgan fingerprint density at radius 1 is 0.387 bits per heavy atom. The van der Waals surface area contributed by atoms with Gasteiger partial charge in [-0.25, -0.2) is 0 Å². The predicted octanol–water partition coefficient (Wildman–Crippen LogP) is 15.6. The number of rotatable bonds is 4. The highest BCUT2D eigenvalue weighted by molar-refractivity contribution is 6.09. The first-order chi connectivity index (χ1) is 30.3. The molecule has 0 radical (unpaired) electrons. The normalized spacial score (nSPS) is 15.2. The van der Waals surface area contributed by atoms with Crippen molar-refractivity contribution in [3.05, 3.63) is 209 Å². The topological polar surface area (TPSA) is 9.86 Å². The summed E-state index contributed by atoms with van der Waals surface area (Å²) >= 11 is 0. The van der Waals surface area contributed by atoms with Crippen molar-refractivity contribution in [3.63, 3.8) is 0 Å². The lowest BCUT2D eigenvalue weighted by Gasteiger charge is -2.22. The third kappa shape index (κ3) is 4.87. The summed E-state index contributed by atoms with van der Waals surface area (Å²) in [5.41, 5.74) is 24.7. The number of fused-ring (bicyclic) bond motifs is 12. The fraction of sp³-hybridized carbons (Fsp3) is 0.133. The number of benzene rings is 8. The average molecular weight is 795 g/mol. The molecule has 2 nitrogen and oxygen atoms in total. The van der Waals surface area contributed by atoms with Gasteiger partial charge in [0.2, 0.25) is 0 Å². The van der Waals surface area contributed by atoms with E-state index < -0.39 is 0 Å². The maximum atomic E-state index is 2.52. The van der Waals surface area contributed by atoms with Crippen LogP contribution in [-0.4, -0.2) is 9.13 Å². The first kappa shape index (κ1) is 35.6. The zero-order valence-corrected chi connectivity index (χ0v) is 35.6. The van der Waals surface area contributed by atoms with Crippen molar-refractivity contribution in [3.8, 4) is 55.9 Å². The fourth-order valence-electron chi connectivity index (χ4n) is 11.7. The van der Waals surface area contributed by atoms with E-state index in [1.165, 1.54) is 122 Å². The van der Waals surface area contributed by atoms with Crippen LogP contribution in [0.4, 0.5) is 0 Å². The number of aromatic nitrogens is 2. The highest BCUT2D eigenvalue weighted by Gasteiger charge is 2.37. The van der Waals surface area contributed by atoms with Crippen LogP contribution in [-0.2, 0) is 17.3 Å². The smallest absolute Gasteiger partial charge is 0.0541 e. The van der Waals surface area contributed by atoms with E-state index in [-0.39, 0.29) is 10.8 Å². The van der Waals surface area contributed by atoms with Gasteiger partial charge < -0.3 is 9.13 Å². The molecule has 0 N–H and O–H groups in total. The van der Waals surface area contributed by atoms with Crippen molar-refractivity contribution in [2.45, 2.75) is 51.4 Å². The maximum absolute atomic E-state index is 2.52. The molecule has 3 aliphatic carbocycles.